The average molecular weight is 345 g/mol. The molecular formula is C19H27N3O3. The van der Waals surface area contributed by atoms with E-state index in [1.54, 1.807) is 17.0 Å². The van der Waals surface area contributed by atoms with Crippen molar-refractivity contribution in [3.8, 4) is 5.75 Å². The summed E-state index contributed by atoms with van der Waals surface area (Å²) in [5.74, 6) is -0.523. The molecule has 2 saturated heterocycles. The number of para-hydroxylation sites is 2. The Balaban J connectivity index is 1.67. The number of hydrogen-bond donors (Lipinski definition) is 2. The first-order valence-corrected chi connectivity index (χ1v) is 8.88. The summed E-state index contributed by atoms with van der Waals surface area (Å²) in [5, 5.41) is 12.9. The number of anilines is 1. The number of phenolic OH excluding ortho intramolecular Hbond substituents is 1. The summed E-state index contributed by atoms with van der Waals surface area (Å²) in [4.78, 5) is 29.1. The third-order valence-electron chi connectivity index (χ3n) is 5.37. The van der Waals surface area contributed by atoms with Crippen LogP contribution < -0.4 is 10.2 Å². The van der Waals surface area contributed by atoms with Crippen LogP contribution in [0.25, 0.3) is 0 Å². The molecule has 25 heavy (non-hydrogen) atoms. The molecule has 1 aromatic carbocycles. The summed E-state index contributed by atoms with van der Waals surface area (Å²) in [6.45, 7) is 9.23. The molecule has 0 bridgehead atoms. The van der Waals surface area contributed by atoms with E-state index < -0.39 is 5.92 Å². The number of benzene rings is 1. The second-order valence-electron chi connectivity index (χ2n) is 8.00. The van der Waals surface area contributed by atoms with Crippen LogP contribution in [0.4, 0.5) is 5.69 Å². The number of amides is 2. The highest BCUT2D eigenvalue weighted by molar-refractivity contribution is 6.02. The first-order chi connectivity index (χ1) is 11.8. The summed E-state index contributed by atoms with van der Waals surface area (Å²) >= 11 is 0. The fourth-order valence-electron chi connectivity index (χ4n) is 3.81. The Morgan fingerprint density at radius 1 is 1.16 bits per heavy atom. The van der Waals surface area contributed by atoms with Gasteiger partial charge in [0.05, 0.1) is 5.69 Å². The summed E-state index contributed by atoms with van der Waals surface area (Å²) in [6, 6.07) is 7.24. The zero-order chi connectivity index (χ0) is 18.2. The predicted molar refractivity (Wildman–Crippen MR) is 96.3 cm³/mol. The van der Waals surface area contributed by atoms with E-state index in [2.05, 4.69) is 31.0 Å². The second kappa shape index (κ2) is 6.58. The van der Waals surface area contributed by atoms with Crippen molar-refractivity contribution in [2.45, 2.75) is 20.8 Å². The minimum Gasteiger partial charge on any atom is -0.506 e. The van der Waals surface area contributed by atoms with Gasteiger partial charge < -0.3 is 20.2 Å². The van der Waals surface area contributed by atoms with Gasteiger partial charge in [-0.1, -0.05) is 32.9 Å². The number of carbonyl (C=O) groups excluding carboxylic acids is 2. The quantitative estimate of drug-likeness (QED) is 0.796. The number of hydrogen-bond acceptors (Lipinski definition) is 4. The van der Waals surface area contributed by atoms with Gasteiger partial charge in [-0.3, -0.25) is 9.59 Å². The molecule has 1 aromatic rings. The molecule has 2 N–H and O–H groups in total. The van der Waals surface area contributed by atoms with Crippen LogP contribution in [0.15, 0.2) is 24.3 Å². The van der Waals surface area contributed by atoms with Gasteiger partial charge in [-0.25, -0.2) is 0 Å². The normalized spacial score (nSPS) is 24.4. The molecule has 0 unspecified atom stereocenters. The molecule has 0 saturated carbocycles. The van der Waals surface area contributed by atoms with Crippen LogP contribution in [0.1, 0.15) is 20.8 Å². The molecule has 0 spiro atoms. The van der Waals surface area contributed by atoms with Crippen molar-refractivity contribution < 1.29 is 14.7 Å². The van der Waals surface area contributed by atoms with Crippen molar-refractivity contribution in [3.05, 3.63) is 24.3 Å². The maximum atomic E-state index is 13.0. The predicted octanol–water partition coefficient (Wildman–Crippen LogP) is 1.45. The van der Waals surface area contributed by atoms with Gasteiger partial charge in [0, 0.05) is 38.6 Å². The monoisotopic (exact) mass is 345 g/mol. The minimum absolute atomic E-state index is 0.0173. The van der Waals surface area contributed by atoms with Crippen LogP contribution in [-0.4, -0.2) is 54.5 Å². The van der Waals surface area contributed by atoms with E-state index in [1.807, 2.05) is 12.1 Å². The second-order valence-corrected chi connectivity index (χ2v) is 8.00. The number of carbonyl (C=O) groups is 2. The lowest BCUT2D eigenvalue weighted by atomic mass is 9.74. The standard InChI is InChI=1S/C19H27N3O3/c1-19(2,3)13-12-20-17(24)16(13)18(25)22-10-8-21(9-11-22)14-6-4-5-7-15(14)23/h4-7,13,16,23H,8-12H2,1-3H3,(H,20,24)/t13-,16-/m1/s1. The highest BCUT2D eigenvalue weighted by Gasteiger charge is 2.47. The fourth-order valence-corrected chi connectivity index (χ4v) is 3.81. The Kier molecular flexibility index (Phi) is 4.62. The largest absolute Gasteiger partial charge is 0.506 e. The molecule has 2 heterocycles. The van der Waals surface area contributed by atoms with Gasteiger partial charge in [0.1, 0.15) is 11.7 Å². The van der Waals surface area contributed by atoms with E-state index in [0.29, 0.717) is 32.7 Å². The fraction of sp³-hybridized carbons (Fsp3) is 0.579. The number of rotatable bonds is 2. The molecular weight excluding hydrogens is 318 g/mol. The number of aromatic hydroxyl groups is 1. The summed E-state index contributed by atoms with van der Waals surface area (Å²) in [7, 11) is 0. The topological polar surface area (TPSA) is 72.9 Å². The third-order valence-corrected chi connectivity index (χ3v) is 5.37. The van der Waals surface area contributed by atoms with Gasteiger partial charge in [0.15, 0.2) is 0 Å². The van der Waals surface area contributed by atoms with Gasteiger partial charge in [-0.05, 0) is 17.5 Å². The van der Waals surface area contributed by atoms with Gasteiger partial charge in [0.2, 0.25) is 11.8 Å². The number of nitrogens with one attached hydrogen (secondary N) is 1. The van der Waals surface area contributed by atoms with E-state index in [4.69, 9.17) is 0 Å². The summed E-state index contributed by atoms with van der Waals surface area (Å²) in [6.07, 6.45) is 0. The summed E-state index contributed by atoms with van der Waals surface area (Å²) < 4.78 is 0. The Bertz CT molecular complexity index is 660. The highest BCUT2D eigenvalue weighted by atomic mass is 16.3. The van der Waals surface area contributed by atoms with E-state index in [9.17, 15) is 14.7 Å². The van der Waals surface area contributed by atoms with E-state index in [0.717, 1.165) is 5.69 Å². The van der Waals surface area contributed by atoms with Crippen LogP contribution in [0, 0.1) is 17.3 Å². The van der Waals surface area contributed by atoms with E-state index in [1.165, 1.54) is 0 Å². The number of phenols is 1. The molecule has 0 aliphatic carbocycles. The molecule has 6 heteroatoms. The lowest BCUT2D eigenvalue weighted by Gasteiger charge is -2.38. The first-order valence-electron chi connectivity index (χ1n) is 8.88. The van der Waals surface area contributed by atoms with Gasteiger partial charge in [-0.15, -0.1) is 0 Å². The Morgan fingerprint density at radius 3 is 2.40 bits per heavy atom. The van der Waals surface area contributed by atoms with Crippen LogP contribution in [0.5, 0.6) is 5.75 Å². The lowest BCUT2D eigenvalue weighted by Crippen LogP contribution is -2.52. The van der Waals surface area contributed by atoms with Crippen LogP contribution in [-0.2, 0) is 9.59 Å². The number of nitrogens with zero attached hydrogens (tertiary/aromatic N) is 2. The SMILES string of the molecule is CC(C)(C)[C@@H]1CNC(=O)[C@@H]1C(=O)N1CCN(c2ccccc2O)CC1. The average Bonchev–Trinajstić information content (AvgIpc) is 2.97. The Hall–Kier alpha value is -2.24. The lowest BCUT2D eigenvalue weighted by molar-refractivity contribution is -0.143. The van der Waals surface area contributed by atoms with Crippen molar-refractivity contribution in [3.63, 3.8) is 0 Å². The molecule has 136 valence electrons. The first kappa shape index (κ1) is 17.6. The minimum atomic E-state index is -0.586. The summed E-state index contributed by atoms with van der Waals surface area (Å²) in [5.41, 5.74) is 0.692. The molecule has 3 rings (SSSR count). The van der Waals surface area contributed by atoms with E-state index >= 15 is 0 Å². The third kappa shape index (κ3) is 3.43. The zero-order valence-electron chi connectivity index (χ0n) is 15.2. The van der Waals surface area contributed by atoms with Crippen LogP contribution >= 0.6 is 0 Å². The van der Waals surface area contributed by atoms with Crippen LogP contribution in [0.3, 0.4) is 0 Å². The maximum Gasteiger partial charge on any atom is 0.235 e. The molecule has 2 aliphatic rings. The highest BCUT2D eigenvalue weighted by Crippen LogP contribution is 2.36. The molecule has 2 fully saturated rings. The molecule has 0 aromatic heterocycles. The molecule has 2 aliphatic heterocycles. The molecule has 6 nitrogen and oxygen atoms in total. The van der Waals surface area contributed by atoms with E-state index in [-0.39, 0.29) is 28.9 Å². The van der Waals surface area contributed by atoms with Crippen molar-refractivity contribution >= 4 is 17.5 Å². The van der Waals surface area contributed by atoms with Crippen molar-refractivity contribution in [2.24, 2.45) is 17.3 Å². The zero-order valence-corrected chi connectivity index (χ0v) is 15.2. The number of piperazine rings is 1. The molecule has 2 atom stereocenters. The molecule has 2 amide bonds. The molecule has 0 radical (unpaired) electrons. The van der Waals surface area contributed by atoms with Crippen molar-refractivity contribution in [1.29, 1.82) is 0 Å². The Labute approximate surface area is 148 Å². The Morgan fingerprint density at radius 2 is 1.80 bits per heavy atom. The van der Waals surface area contributed by atoms with Crippen LogP contribution in [0.2, 0.25) is 0 Å². The van der Waals surface area contributed by atoms with Crippen molar-refractivity contribution in [2.75, 3.05) is 37.6 Å². The van der Waals surface area contributed by atoms with Gasteiger partial charge >= 0.3 is 0 Å². The van der Waals surface area contributed by atoms with Gasteiger partial charge in [0.25, 0.3) is 0 Å². The maximum absolute atomic E-state index is 13.0. The van der Waals surface area contributed by atoms with Crippen molar-refractivity contribution in [1.82, 2.24) is 10.2 Å². The smallest absolute Gasteiger partial charge is 0.235 e. The van der Waals surface area contributed by atoms with Gasteiger partial charge in [-0.2, -0.15) is 0 Å².